The second kappa shape index (κ2) is 36.8. The van der Waals surface area contributed by atoms with Crippen molar-refractivity contribution in [1.82, 2.24) is 18.7 Å². The summed E-state index contributed by atoms with van der Waals surface area (Å²) in [6.45, 7) is 1.21. The van der Waals surface area contributed by atoms with Crippen LogP contribution in [0.25, 0.3) is 43.6 Å². The van der Waals surface area contributed by atoms with Gasteiger partial charge in [0.15, 0.2) is 23.0 Å². The molecule has 488 valence electrons. The number of alkyl halides is 1. The number of allylic oxidation sites excluding steroid dienone is 1. The van der Waals surface area contributed by atoms with Gasteiger partial charge in [-0.1, -0.05) is 115 Å². The van der Waals surface area contributed by atoms with Crippen LogP contribution in [0.3, 0.4) is 0 Å². The van der Waals surface area contributed by atoms with E-state index in [-0.39, 0.29) is 25.6 Å². The number of aryl methyl sites for hydroxylation is 3. The van der Waals surface area contributed by atoms with Gasteiger partial charge in [-0.3, -0.25) is 4.79 Å². The molecule has 0 saturated carbocycles. The Labute approximate surface area is 584 Å². The Hall–Kier alpha value is -10.3. The molecule has 20 heteroatoms. The van der Waals surface area contributed by atoms with E-state index in [1.165, 1.54) is 23.8 Å². The van der Waals surface area contributed by atoms with Crippen LogP contribution in [0.15, 0.2) is 221 Å². The first kappa shape index (κ1) is 73.7. The molecule has 1 aliphatic heterocycles. The van der Waals surface area contributed by atoms with E-state index in [0.29, 0.717) is 63.3 Å². The van der Waals surface area contributed by atoms with E-state index >= 15 is 0 Å². The highest BCUT2D eigenvalue weighted by atomic mass is 127. The number of carbonyl (C=O) groups is 1. The van der Waals surface area contributed by atoms with E-state index in [4.69, 9.17) is 49.4 Å². The fourth-order valence-electron chi connectivity index (χ4n) is 10.1. The van der Waals surface area contributed by atoms with Crippen LogP contribution >= 0.6 is 54.5 Å². The van der Waals surface area contributed by atoms with Gasteiger partial charge in [-0.25, -0.2) is 0 Å². The molecule has 95 heavy (non-hydrogen) atoms. The Morgan fingerprint density at radius 3 is 1.62 bits per heavy atom. The molecular formula is C75H73Br2IN8O9. The minimum atomic E-state index is -0.380. The Kier molecular flexibility index (Phi) is 28.6. The number of methoxy groups -OCH3 is 4. The van der Waals surface area contributed by atoms with E-state index in [2.05, 4.69) is 113 Å². The SMILES string of the molecule is C.CI.COc1cc(C2C(C#N)=C(N)Oc3c2ccc2c3ccn2C)cc(Br)c1OC.COc1cc(C=O)cc(Br)c1OC.Cn1ccc2c(O)cccc21.Cn1ccc2c(OCc3ccccc3)cccc21.N#CCC#N.c1ccc(COc2cccc3[nH]ccc23)cc1. The minimum absolute atomic E-state index is 0. The lowest BCUT2D eigenvalue weighted by molar-refractivity contribution is 0.112. The Morgan fingerprint density at radius 1 is 0.589 bits per heavy atom. The van der Waals surface area contributed by atoms with Crippen molar-refractivity contribution in [2.45, 2.75) is 33.0 Å². The molecule has 0 aliphatic carbocycles. The van der Waals surface area contributed by atoms with Gasteiger partial charge in [-0.05, 0) is 144 Å². The van der Waals surface area contributed by atoms with E-state index in [0.717, 1.165) is 71.5 Å². The van der Waals surface area contributed by atoms with Gasteiger partial charge in [0.1, 0.15) is 60.6 Å². The van der Waals surface area contributed by atoms with Gasteiger partial charge >= 0.3 is 0 Å². The largest absolute Gasteiger partial charge is 0.507 e. The second-order valence-corrected chi connectivity index (χ2v) is 22.1. The Morgan fingerprint density at radius 2 is 1.09 bits per heavy atom. The highest BCUT2D eigenvalue weighted by Gasteiger charge is 2.33. The summed E-state index contributed by atoms with van der Waals surface area (Å²) < 4.78 is 46.2. The molecule has 0 amide bonds. The third kappa shape index (κ3) is 18.5. The van der Waals surface area contributed by atoms with E-state index in [1.54, 1.807) is 51.7 Å². The molecule has 0 fully saturated rings. The maximum Gasteiger partial charge on any atom is 0.205 e. The number of phenolic OH excluding ortho intramolecular Hbond substituents is 1. The van der Waals surface area contributed by atoms with Gasteiger partial charge in [-0.2, -0.15) is 15.8 Å². The number of carbonyl (C=O) groups excluding carboxylic acids is 1. The van der Waals surface area contributed by atoms with Gasteiger partial charge < -0.3 is 62.7 Å². The molecule has 4 aromatic heterocycles. The number of aldehydes is 1. The maximum absolute atomic E-state index is 10.5. The first-order valence-electron chi connectivity index (χ1n) is 28.9. The normalized spacial score (nSPS) is 11.4. The number of aromatic amines is 1. The number of rotatable bonds is 12. The van der Waals surface area contributed by atoms with Crippen LogP contribution in [0.5, 0.6) is 46.0 Å². The van der Waals surface area contributed by atoms with Crippen molar-refractivity contribution in [2.75, 3.05) is 33.4 Å². The van der Waals surface area contributed by atoms with Crippen LogP contribution in [0.1, 0.15) is 52.4 Å². The zero-order valence-corrected chi connectivity index (χ0v) is 58.3. The molecular weight excluding hydrogens is 1440 g/mol. The third-order valence-corrected chi connectivity index (χ3v) is 15.8. The number of ether oxygens (including phenoxy) is 7. The van der Waals surface area contributed by atoms with Crippen molar-refractivity contribution in [2.24, 2.45) is 26.9 Å². The summed E-state index contributed by atoms with van der Waals surface area (Å²) >= 11 is 8.96. The quantitative estimate of drug-likeness (QED) is 0.0588. The van der Waals surface area contributed by atoms with Crippen molar-refractivity contribution in [1.29, 1.82) is 15.8 Å². The zero-order chi connectivity index (χ0) is 67.7. The smallest absolute Gasteiger partial charge is 0.205 e. The number of aromatic hydroxyl groups is 1. The summed E-state index contributed by atoms with van der Waals surface area (Å²) in [5, 5.41) is 38.5. The summed E-state index contributed by atoms with van der Waals surface area (Å²) in [6.07, 6.45) is 8.65. The average molecular weight is 1520 g/mol. The van der Waals surface area contributed by atoms with E-state index < -0.39 is 0 Å². The number of nitrogens with zero attached hydrogens (tertiary/aromatic N) is 6. The Bertz CT molecular complexity index is 4650. The predicted molar refractivity (Wildman–Crippen MR) is 392 cm³/mol. The number of aromatic nitrogens is 4. The molecule has 4 N–H and O–H groups in total. The van der Waals surface area contributed by atoms with E-state index in [1.807, 2.05) is 175 Å². The van der Waals surface area contributed by atoms with Crippen molar-refractivity contribution >= 4 is 104 Å². The number of nitrogens with one attached hydrogen (secondary N) is 1. The van der Waals surface area contributed by atoms with Gasteiger partial charge in [0, 0.05) is 84.1 Å². The molecule has 1 aliphatic rings. The fourth-order valence-corrected chi connectivity index (χ4v) is 11.3. The van der Waals surface area contributed by atoms with Crippen molar-refractivity contribution in [3.63, 3.8) is 0 Å². The molecule has 13 rings (SSSR count). The number of phenols is 1. The molecule has 5 heterocycles. The molecule has 1 unspecified atom stereocenters. The zero-order valence-electron chi connectivity index (χ0n) is 52.9. The number of halogens is 3. The molecule has 17 nitrogen and oxygen atoms in total. The van der Waals surface area contributed by atoms with Crippen LogP contribution in [-0.2, 0) is 34.4 Å². The lowest BCUT2D eigenvalue weighted by Gasteiger charge is -2.27. The highest BCUT2D eigenvalue weighted by molar-refractivity contribution is 14.1. The lowest BCUT2D eigenvalue weighted by Crippen LogP contribution is -2.21. The Balaban J connectivity index is 0.000000189. The minimum Gasteiger partial charge on any atom is -0.507 e. The number of H-pyrrole nitrogens is 1. The topological polar surface area (TPSA) is 230 Å². The summed E-state index contributed by atoms with van der Waals surface area (Å²) in [7, 11) is 12.2. The molecule has 1 atom stereocenters. The van der Waals surface area contributed by atoms with Crippen molar-refractivity contribution in [3.8, 4) is 64.2 Å². The maximum atomic E-state index is 10.5. The monoisotopic (exact) mass is 1510 g/mol. The number of hydrogen-bond acceptors (Lipinski definition) is 13. The molecule has 0 bridgehead atoms. The average Bonchev–Trinajstić information content (AvgIpc) is 1.71. The standard InChI is InChI=1S/C21H18BrN3O3.C16H15NO.C15H13NO.C9H9BrO3.C9H9NO.C3H2N2.CH3I.CH4/c1-25-7-6-12-16(25)5-4-13-18(14(10-23)21(24)28-19(12)13)11-8-15(22)20(27-3)17(9-11)26-2;1-17-11-10-14-15(17)8-5-9-16(14)18-12-13-6-3-2-4-7-13;1-2-5-12(6-3-1)11-17-15-8-4-7-14-13(15)9-10-16-14;1-12-8-4-6(5-11)3-7(10)9(8)13-2;1-10-6-5-7-8(10)3-2-4-9(7)11;4-2-1-3-5;1-2;/h4-9,18H,24H2,1-3H3;2-11H,12H2,1H3;1-10,16H,11H2;3-5H,1-2H3;2-6,11H,1H3;1H2;1H3;1H4. The van der Waals surface area contributed by atoms with Gasteiger partial charge in [0.25, 0.3) is 0 Å². The number of hydrogen-bond donors (Lipinski definition) is 3. The molecule has 0 saturated heterocycles. The van der Waals surface area contributed by atoms with Gasteiger partial charge in [0.05, 0.1) is 72.0 Å². The fraction of sp³-hybridized carbons (Fsp3) is 0.173. The number of nitriles is 3. The number of nitrogens with two attached hydrogens (primary N) is 1. The predicted octanol–water partition coefficient (Wildman–Crippen LogP) is 18.0. The van der Waals surface area contributed by atoms with Crippen molar-refractivity contribution < 1.29 is 43.1 Å². The molecule has 0 radical (unpaired) electrons. The van der Waals surface area contributed by atoms with Crippen LogP contribution in [0, 0.1) is 34.0 Å². The molecule has 12 aromatic rings. The first-order chi connectivity index (χ1) is 45.7. The summed E-state index contributed by atoms with van der Waals surface area (Å²) in [5.41, 5.74) is 15.5. The first-order valence-corrected chi connectivity index (χ1v) is 32.7. The summed E-state index contributed by atoms with van der Waals surface area (Å²) in [4.78, 5) is 15.7. The van der Waals surface area contributed by atoms with Crippen LogP contribution in [0.2, 0.25) is 0 Å². The summed E-state index contributed by atoms with van der Waals surface area (Å²) in [5.74, 6) is 4.91. The molecule has 8 aromatic carbocycles. The van der Waals surface area contributed by atoms with Gasteiger partial charge in [-0.15, -0.1) is 0 Å². The molecule has 0 spiro atoms. The lowest BCUT2D eigenvalue weighted by atomic mass is 9.83. The van der Waals surface area contributed by atoms with Crippen LogP contribution in [0.4, 0.5) is 0 Å². The number of benzene rings is 8. The second-order valence-electron chi connectivity index (χ2n) is 20.4. The summed E-state index contributed by atoms with van der Waals surface area (Å²) in [6, 6.07) is 62.8. The highest BCUT2D eigenvalue weighted by Crippen LogP contribution is 2.48. The van der Waals surface area contributed by atoms with Gasteiger partial charge in [0.2, 0.25) is 5.88 Å². The van der Waals surface area contributed by atoms with Crippen LogP contribution < -0.4 is 38.9 Å². The van der Waals surface area contributed by atoms with Crippen molar-refractivity contribution in [3.05, 3.63) is 249 Å². The van der Waals surface area contributed by atoms with E-state index in [9.17, 15) is 15.2 Å². The van der Waals surface area contributed by atoms with Crippen LogP contribution in [-0.4, -0.2) is 63.4 Å². The number of fused-ring (bicyclic) bond motifs is 6. The third-order valence-electron chi connectivity index (χ3n) is 14.6.